The molecule has 41 heavy (non-hydrogen) atoms. The van der Waals surface area contributed by atoms with Gasteiger partial charge in [0, 0.05) is 43.3 Å². The van der Waals surface area contributed by atoms with E-state index >= 15 is 0 Å². The lowest BCUT2D eigenvalue weighted by Gasteiger charge is -2.32. The average Bonchev–Trinajstić information content (AvgIpc) is 3.37. The number of anilines is 3. The normalized spacial score (nSPS) is 15.3. The summed E-state index contributed by atoms with van der Waals surface area (Å²) < 4.78 is 44.8. The van der Waals surface area contributed by atoms with Gasteiger partial charge in [-0.15, -0.1) is 0 Å². The van der Waals surface area contributed by atoms with E-state index in [1.807, 2.05) is 0 Å². The number of carbonyl (C=O) groups excluding carboxylic acids is 2. The predicted molar refractivity (Wildman–Crippen MR) is 146 cm³/mol. The molecule has 1 aromatic carbocycles. The lowest BCUT2D eigenvalue weighted by Crippen LogP contribution is -2.44. The van der Waals surface area contributed by atoms with Crippen LogP contribution in [0.15, 0.2) is 67.5 Å². The Labute approximate surface area is 231 Å². The largest absolute Gasteiger partial charge is 0.456 e. The summed E-state index contributed by atoms with van der Waals surface area (Å²) in [5, 5.41) is 16.1. The van der Waals surface area contributed by atoms with E-state index in [2.05, 4.69) is 42.7 Å². The van der Waals surface area contributed by atoms with Crippen molar-refractivity contribution >= 4 is 40.3 Å². The molecule has 212 valence electrons. The zero-order chi connectivity index (χ0) is 29.0. The van der Waals surface area contributed by atoms with Gasteiger partial charge in [-0.1, -0.05) is 6.58 Å². The highest BCUT2D eigenvalue weighted by atomic mass is 19.4. The fourth-order valence-electron chi connectivity index (χ4n) is 4.42. The quantitative estimate of drug-likeness (QED) is 0.220. The molecule has 3 amide bonds. The Hall–Kier alpha value is -5.14. The Balaban J connectivity index is 1.24. The van der Waals surface area contributed by atoms with Crippen molar-refractivity contribution in [3.8, 4) is 11.5 Å². The van der Waals surface area contributed by atoms with Crippen molar-refractivity contribution in [2.24, 2.45) is 0 Å². The molecule has 0 aliphatic carbocycles. The molecule has 1 atom stereocenters. The number of urea groups is 1. The number of pyridine rings is 2. The predicted octanol–water partition coefficient (Wildman–Crippen LogP) is 5.40. The summed E-state index contributed by atoms with van der Waals surface area (Å²) in [6.45, 7) is 4.75. The number of piperidine rings is 1. The second-order valence-electron chi connectivity index (χ2n) is 9.21. The Morgan fingerprint density at radius 1 is 1.10 bits per heavy atom. The number of hydrogen-bond acceptors (Lipinski definition) is 7. The topological polar surface area (TPSA) is 137 Å². The maximum Gasteiger partial charge on any atom is 0.416 e. The number of H-pyrrole nitrogens is 1. The number of carbonyl (C=O) groups is 2. The number of amides is 3. The number of aromatic nitrogens is 4. The van der Waals surface area contributed by atoms with Gasteiger partial charge in [0.15, 0.2) is 11.5 Å². The Morgan fingerprint density at radius 2 is 1.88 bits per heavy atom. The van der Waals surface area contributed by atoms with E-state index in [-0.39, 0.29) is 17.8 Å². The van der Waals surface area contributed by atoms with E-state index in [4.69, 9.17) is 4.74 Å². The molecule has 14 heteroatoms. The average molecular weight is 567 g/mol. The molecule has 4 heterocycles. The first-order chi connectivity index (χ1) is 19.7. The van der Waals surface area contributed by atoms with Crippen LogP contribution in [0.2, 0.25) is 0 Å². The minimum atomic E-state index is -4.55. The molecule has 5 rings (SSSR count). The first-order valence-corrected chi connectivity index (χ1v) is 12.6. The third kappa shape index (κ3) is 6.54. The minimum Gasteiger partial charge on any atom is -0.456 e. The highest BCUT2D eigenvalue weighted by molar-refractivity contribution is 5.99. The van der Waals surface area contributed by atoms with Crippen molar-refractivity contribution < 1.29 is 27.5 Å². The molecule has 1 aliphatic rings. The molecule has 0 spiro atoms. The molecular weight excluding hydrogens is 541 g/mol. The summed E-state index contributed by atoms with van der Waals surface area (Å²) >= 11 is 0. The SMILES string of the molecule is C=CC(=O)N1CCC[C@@H](Nc2n[nH]c3nccc(Oc4ccc(NC(=O)Nc5cc(C(F)(F)F)ccn5)cc4)c23)C1. The van der Waals surface area contributed by atoms with Gasteiger partial charge in [0.25, 0.3) is 0 Å². The van der Waals surface area contributed by atoms with Gasteiger partial charge in [-0.05, 0) is 55.3 Å². The second-order valence-corrected chi connectivity index (χ2v) is 9.21. The summed E-state index contributed by atoms with van der Waals surface area (Å²) in [4.78, 5) is 34.1. The second kappa shape index (κ2) is 11.5. The lowest BCUT2D eigenvalue weighted by molar-refractivity contribution is -0.137. The molecule has 1 fully saturated rings. The van der Waals surface area contributed by atoms with Gasteiger partial charge >= 0.3 is 12.2 Å². The zero-order valence-corrected chi connectivity index (χ0v) is 21.5. The van der Waals surface area contributed by atoms with Crippen LogP contribution in [0.25, 0.3) is 11.0 Å². The van der Waals surface area contributed by atoms with Crippen LogP contribution >= 0.6 is 0 Å². The molecule has 4 aromatic rings. The number of likely N-dealkylation sites (tertiary alicyclic amines) is 1. The fourth-order valence-corrected chi connectivity index (χ4v) is 4.42. The molecular formula is C27H25F3N8O3. The van der Waals surface area contributed by atoms with Crippen molar-refractivity contribution in [3.63, 3.8) is 0 Å². The monoisotopic (exact) mass is 566 g/mol. The van der Waals surface area contributed by atoms with E-state index in [1.165, 1.54) is 6.08 Å². The number of aromatic amines is 1. The van der Waals surface area contributed by atoms with Crippen LogP contribution in [0.1, 0.15) is 18.4 Å². The Morgan fingerprint density at radius 3 is 2.63 bits per heavy atom. The highest BCUT2D eigenvalue weighted by Gasteiger charge is 2.31. The number of fused-ring (bicyclic) bond motifs is 1. The molecule has 4 N–H and O–H groups in total. The van der Waals surface area contributed by atoms with Crippen molar-refractivity contribution in [1.29, 1.82) is 0 Å². The molecule has 0 unspecified atom stereocenters. The Kier molecular flexibility index (Phi) is 7.72. The van der Waals surface area contributed by atoms with Crippen LogP contribution in [0.5, 0.6) is 11.5 Å². The number of hydrogen-bond donors (Lipinski definition) is 4. The molecule has 11 nitrogen and oxygen atoms in total. The number of nitrogens with one attached hydrogen (secondary N) is 4. The van der Waals surface area contributed by atoms with Gasteiger partial charge in [0.2, 0.25) is 5.91 Å². The van der Waals surface area contributed by atoms with Crippen LogP contribution in [0.4, 0.5) is 35.3 Å². The highest BCUT2D eigenvalue weighted by Crippen LogP contribution is 2.34. The van der Waals surface area contributed by atoms with Crippen LogP contribution < -0.4 is 20.7 Å². The lowest BCUT2D eigenvalue weighted by atomic mass is 10.1. The maximum atomic E-state index is 12.9. The van der Waals surface area contributed by atoms with Gasteiger partial charge in [-0.3, -0.25) is 15.2 Å². The standard InChI is InChI=1S/C27H25F3N8O3/c1-2-22(39)38-13-3-4-18(15-38)33-25-23-20(10-12-32-24(23)36-37-25)41-19-7-5-17(6-8-19)34-26(40)35-21-14-16(9-11-31-21)27(28,29)30/h2,5-12,14,18H,1,3-4,13,15H2,(H2,31,34,35,40)(H2,32,33,36,37)/t18-/m1/s1. The van der Waals surface area contributed by atoms with Gasteiger partial charge in [0.1, 0.15) is 22.7 Å². The number of benzene rings is 1. The summed E-state index contributed by atoms with van der Waals surface area (Å²) in [6, 6.07) is 8.88. The number of rotatable bonds is 7. The van der Waals surface area contributed by atoms with Gasteiger partial charge in [-0.2, -0.15) is 18.3 Å². The van der Waals surface area contributed by atoms with E-state index in [1.54, 1.807) is 41.4 Å². The fraction of sp³-hybridized carbons (Fsp3) is 0.222. The Bertz CT molecular complexity index is 1570. The van der Waals surface area contributed by atoms with E-state index < -0.39 is 17.8 Å². The third-order valence-electron chi connectivity index (χ3n) is 6.34. The molecule has 0 radical (unpaired) electrons. The van der Waals surface area contributed by atoms with E-state index in [9.17, 15) is 22.8 Å². The number of halogens is 3. The van der Waals surface area contributed by atoms with Gasteiger partial charge < -0.3 is 20.3 Å². The van der Waals surface area contributed by atoms with E-state index in [0.29, 0.717) is 47.1 Å². The van der Waals surface area contributed by atoms with Crippen molar-refractivity contribution in [2.45, 2.75) is 25.1 Å². The van der Waals surface area contributed by atoms with Crippen LogP contribution in [0.3, 0.4) is 0 Å². The smallest absolute Gasteiger partial charge is 0.416 e. The molecule has 1 saturated heterocycles. The number of alkyl halides is 3. The maximum absolute atomic E-state index is 12.9. The van der Waals surface area contributed by atoms with Crippen molar-refractivity contribution in [3.05, 3.63) is 73.1 Å². The van der Waals surface area contributed by atoms with Crippen LogP contribution in [-0.4, -0.2) is 56.1 Å². The summed E-state index contributed by atoms with van der Waals surface area (Å²) in [7, 11) is 0. The number of nitrogens with zero attached hydrogens (tertiary/aromatic N) is 4. The minimum absolute atomic E-state index is 0.0187. The van der Waals surface area contributed by atoms with Crippen LogP contribution in [0, 0.1) is 0 Å². The first-order valence-electron chi connectivity index (χ1n) is 12.6. The number of ether oxygens (including phenoxy) is 1. The molecule has 1 aliphatic heterocycles. The summed E-state index contributed by atoms with van der Waals surface area (Å²) in [5.41, 5.74) is -0.0321. The molecule has 0 saturated carbocycles. The summed E-state index contributed by atoms with van der Waals surface area (Å²) in [5.74, 6) is 1.12. The first kappa shape index (κ1) is 27.4. The van der Waals surface area contributed by atoms with Crippen molar-refractivity contribution in [1.82, 2.24) is 25.1 Å². The van der Waals surface area contributed by atoms with Gasteiger partial charge in [-0.25, -0.2) is 14.8 Å². The third-order valence-corrected chi connectivity index (χ3v) is 6.34. The molecule has 0 bridgehead atoms. The zero-order valence-electron chi connectivity index (χ0n) is 21.5. The molecule has 3 aromatic heterocycles. The van der Waals surface area contributed by atoms with Crippen molar-refractivity contribution in [2.75, 3.05) is 29.0 Å². The van der Waals surface area contributed by atoms with E-state index in [0.717, 1.165) is 31.2 Å². The summed E-state index contributed by atoms with van der Waals surface area (Å²) in [6.07, 6.45) is 1.00. The van der Waals surface area contributed by atoms with Crippen LogP contribution in [-0.2, 0) is 11.0 Å². The van der Waals surface area contributed by atoms with Gasteiger partial charge in [0.05, 0.1) is 5.56 Å².